The number of nitrogen functional groups attached to an aromatic ring is 1. The molecule has 0 saturated carbocycles. The van der Waals surface area contributed by atoms with Crippen molar-refractivity contribution in [2.45, 2.75) is 170 Å². The molecule has 0 radical (unpaired) electrons. The highest BCUT2D eigenvalue weighted by Crippen LogP contribution is 2.27. The van der Waals surface area contributed by atoms with Gasteiger partial charge in [0, 0.05) is 76.3 Å². The number of cyclic esters (lactones) is 2. The van der Waals surface area contributed by atoms with Gasteiger partial charge in [0.05, 0.1) is 6.54 Å². The largest absolute Gasteiger partial charge is 0.456 e. The summed E-state index contributed by atoms with van der Waals surface area (Å²) in [5.74, 6) is -6.45. The molecule has 460 valence electrons. The van der Waals surface area contributed by atoms with Crippen LogP contribution in [-0.2, 0) is 65.5 Å². The minimum atomic E-state index is -1.35. The summed E-state index contributed by atoms with van der Waals surface area (Å²) in [6, 6.07) is 8.94. The number of hydrogen-bond acceptors (Lipinski definition) is 14. The van der Waals surface area contributed by atoms with Crippen LogP contribution >= 0.6 is 11.6 Å². The maximum atomic E-state index is 14.4. The van der Waals surface area contributed by atoms with Crippen molar-refractivity contribution >= 4 is 70.9 Å². The third-order valence-corrected chi connectivity index (χ3v) is 15.1. The zero-order valence-corrected chi connectivity index (χ0v) is 51.8. The molecule has 2 aromatic rings. The Balaban J connectivity index is 1.96. The van der Waals surface area contributed by atoms with E-state index in [0.717, 1.165) is 23.3 Å². The molecule has 0 aliphatic carbocycles. The Morgan fingerprint density at radius 2 is 1.39 bits per heavy atom. The lowest BCUT2D eigenvalue weighted by Crippen LogP contribution is -2.57. The number of nitrogens with zero attached hydrogens (tertiary/aromatic N) is 4. The van der Waals surface area contributed by atoms with Crippen LogP contribution in [0.25, 0.3) is 0 Å². The van der Waals surface area contributed by atoms with Crippen LogP contribution in [0.4, 0.5) is 15.3 Å². The fourth-order valence-electron chi connectivity index (χ4n) is 9.02. The van der Waals surface area contributed by atoms with Gasteiger partial charge in [0.2, 0.25) is 23.6 Å². The number of ether oxygens (including phenoxy) is 4. The second kappa shape index (κ2) is 34.4. The molecule has 1 unspecified atom stereocenters. The summed E-state index contributed by atoms with van der Waals surface area (Å²) in [4.78, 5) is 130. The summed E-state index contributed by atoms with van der Waals surface area (Å²) in [5, 5.41) is 8.56. The summed E-state index contributed by atoms with van der Waals surface area (Å²) in [6.45, 7) is 17.3. The van der Waals surface area contributed by atoms with Gasteiger partial charge in [0.25, 0.3) is 5.91 Å². The molecule has 0 bridgehead atoms. The van der Waals surface area contributed by atoms with Crippen LogP contribution in [0, 0.1) is 17.8 Å². The maximum Gasteiger partial charge on any atom is 0.409 e. The Morgan fingerprint density at radius 1 is 0.807 bits per heavy atom. The number of benzene rings is 2. The van der Waals surface area contributed by atoms with E-state index in [0.29, 0.717) is 54.2 Å². The average molecular weight is 1180 g/mol. The molecule has 9 atom stereocenters. The summed E-state index contributed by atoms with van der Waals surface area (Å²) in [5.41, 5.74) is 8.49. The number of allylic oxidation sites excluding steroid dienone is 1. The lowest BCUT2D eigenvalue weighted by molar-refractivity contribution is -0.155. The summed E-state index contributed by atoms with van der Waals surface area (Å²) < 4.78 is 23.6. The molecule has 7 amide bonds. The quantitative estimate of drug-likeness (QED) is 0.0396. The molecular weight excluding hydrogens is 1090 g/mol. The van der Waals surface area contributed by atoms with Gasteiger partial charge < -0.3 is 60.2 Å². The van der Waals surface area contributed by atoms with E-state index in [1.807, 2.05) is 20.8 Å². The summed E-state index contributed by atoms with van der Waals surface area (Å²) in [6.07, 6.45) is 1.98. The van der Waals surface area contributed by atoms with Gasteiger partial charge in [-0.25, -0.2) is 19.2 Å². The smallest absolute Gasteiger partial charge is 0.409 e. The van der Waals surface area contributed by atoms with Crippen molar-refractivity contribution in [1.82, 2.24) is 35.6 Å². The zero-order chi connectivity index (χ0) is 62.2. The minimum Gasteiger partial charge on any atom is -0.456 e. The highest BCUT2D eigenvalue weighted by Gasteiger charge is 2.38. The minimum absolute atomic E-state index is 0.00435. The van der Waals surface area contributed by atoms with Gasteiger partial charge in [0.1, 0.15) is 43.0 Å². The molecule has 5 N–H and O–H groups in total. The van der Waals surface area contributed by atoms with Crippen molar-refractivity contribution in [3.05, 3.63) is 88.0 Å². The van der Waals surface area contributed by atoms with Gasteiger partial charge in [-0.05, 0) is 107 Å². The molecule has 3 rings (SSSR count). The Bertz CT molecular complexity index is 2580. The van der Waals surface area contributed by atoms with Gasteiger partial charge >= 0.3 is 24.1 Å². The molecule has 0 saturated heterocycles. The van der Waals surface area contributed by atoms with E-state index in [2.05, 4.69) is 16.0 Å². The van der Waals surface area contributed by atoms with Crippen LogP contribution in [0.15, 0.2) is 71.8 Å². The Labute approximate surface area is 495 Å². The van der Waals surface area contributed by atoms with Crippen molar-refractivity contribution in [1.29, 1.82) is 0 Å². The van der Waals surface area contributed by atoms with Crippen LogP contribution in [0.1, 0.15) is 125 Å². The molecule has 1 aliphatic heterocycles. The van der Waals surface area contributed by atoms with E-state index in [-0.39, 0.29) is 37.4 Å². The van der Waals surface area contributed by atoms with Crippen LogP contribution in [0.5, 0.6) is 0 Å². The second-order valence-electron chi connectivity index (χ2n) is 22.3. The number of esters is 2. The molecule has 21 nitrogen and oxygen atoms in total. The third kappa shape index (κ3) is 22.8. The van der Waals surface area contributed by atoms with Crippen LogP contribution in [0.3, 0.4) is 0 Å². The monoisotopic (exact) mass is 1180 g/mol. The first-order valence-electron chi connectivity index (χ1n) is 28.6. The first kappa shape index (κ1) is 70.1. The molecule has 1 heterocycles. The third-order valence-electron chi connectivity index (χ3n) is 14.8. The number of unbranched alkanes of at least 4 members (excludes halogenated alkanes) is 3. The van der Waals surface area contributed by atoms with E-state index in [4.69, 9.17) is 36.3 Å². The predicted molar refractivity (Wildman–Crippen MR) is 317 cm³/mol. The number of nitrogens with two attached hydrogens (primary N) is 1. The van der Waals surface area contributed by atoms with Crippen molar-refractivity contribution < 1.29 is 62.1 Å². The summed E-state index contributed by atoms with van der Waals surface area (Å²) in [7, 11) is 6.06. The molecule has 0 fully saturated rings. The van der Waals surface area contributed by atoms with E-state index < -0.39 is 115 Å². The maximum absolute atomic E-state index is 14.4. The van der Waals surface area contributed by atoms with E-state index in [1.165, 1.54) is 55.6 Å². The van der Waals surface area contributed by atoms with Gasteiger partial charge in [-0.1, -0.05) is 102 Å². The first-order valence-corrected chi connectivity index (χ1v) is 29.0. The first-order chi connectivity index (χ1) is 39.1. The zero-order valence-electron chi connectivity index (χ0n) is 51.1. The standard InChI is InChI=1S/C61H91ClN8O13/c1-15-38(5)52-55(73)65-43(10)59(77)83-53(39(6)16-2)41(8)49(82-61(79)68(12)32-20-18-17-19-31-67(11)60(78)80-36-45-24-28-47(63)29-25-45)30-21-40(7)58(76)81-50(33-37(3)4)54(72)64-42(9)56(74)70(14)48(34-44-22-26-46(62)27-23-44)57(75)69(13)35-51(71)66-52/h16,21-29,37-38,41-43,48-50,52-53H,15,17-20,30-36,63H2,1-14H3,(H,64,72)(H,65,73)(H,66,71)/b39-16+,40-21+/t38?,41-,42-,43+,48+,49-,50+,52-,53+/m0/s1. The Hall–Kier alpha value is -7.16. The topological polar surface area (TPSA) is 266 Å². The Morgan fingerprint density at radius 3 is 1.96 bits per heavy atom. The number of nitrogens with one attached hydrogen (secondary N) is 3. The SMILES string of the molecule is C/C=C(\C)[C@H]1OC(=O)[C@@H](C)NC(=O)[C@H](C(C)CC)NC(=O)CN(C)C(=O)[C@@H](Cc2ccc(Cl)cc2)N(C)C(=O)[C@H](C)NC(=O)[C@@H](CC(C)C)OC(=O)/C(C)=C/C[C@H](OC(=O)N(C)CCCCCCN(C)C(=O)OCc2ccc(N)cc2)[C@@H]1C. The molecule has 83 heavy (non-hydrogen) atoms. The number of hydrogen-bond donors (Lipinski definition) is 4. The van der Waals surface area contributed by atoms with Crippen molar-refractivity contribution in [2.75, 3.05) is 53.6 Å². The summed E-state index contributed by atoms with van der Waals surface area (Å²) >= 11 is 6.17. The van der Waals surface area contributed by atoms with E-state index in [1.54, 1.807) is 96.4 Å². The van der Waals surface area contributed by atoms with Gasteiger partial charge in [0.15, 0.2) is 6.10 Å². The lowest BCUT2D eigenvalue weighted by Gasteiger charge is -2.33. The lowest BCUT2D eigenvalue weighted by atomic mass is 9.90. The average Bonchev–Trinajstić information content (AvgIpc) is 3.53. The van der Waals surface area contributed by atoms with Crippen molar-refractivity contribution in [3.8, 4) is 0 Å². The highest BCUT2D eigenvalue weighted by atomic mass is 35.5. The van der Waals surface area contributed by atoms with Gasteiger partial charge in [-0.15, -0.1) is 0 Å². The van der Waals surface area contributed by atoms with Crippen LogP contribution < -0.4 is 21.7 Å². The number of carbonyl (C=O) groups excluding carboxylic acids is 9. The molecule has 0 spiro atoms. The normalized spacial score (nSPS) is 23.6. The molecule has 2 aromatic carbocycles. The number of anilines is 1. The van der Waals surface area contributed by atoms with Gasteiger partial charge in [-0.2, -0.15) is 0 Å². The van der Waals surface area contributed by atoms with Crippen molar-refractivity contribution in [3.63, 3.8) is 0 Å². The number of likely N-dealkylation sites (N-methyl/N-ethyl adjacent to an activating group) is 2. The van der Waals surface area contributed by atoms with E-state index >= 15 is 0 Å². The molecule has 1 aliphatic rings. The van der Waals surface area contributed by atoms with Crippen LogP contribution in [-0.4, -0.2) is 164 Å². The molecular formula is C61H91ClN8O13. The predicted octanol–water partition coefficient (Wildman–Crippen LogP) is 7.38. The van der Waals surface area contributed by atoms with Gasteiger partial charge in [-0.3, -0.25) is 24.0 Å². The number of rotatable bonds is 17. The fraction of sp³-hybridized carbons (Fsp3) is 0.590. The number of carbonyl (C=O) groups is 9. The Kier molecular flexibility index (Phi) is 29.1. The highest BCUT2D eigenvalue weighted by molar-refractivity contribution is 6.30. The van der Waals surface area contributed by atoms with Crippen molar-refractivity contribution in [2.24, 2.45) is 17.8 Å². The van der Waals surface area contributed by atoms with E-state index in [9.17, 15) is 43.2 Å². The molecule has 0 aromatic heterocycles. The van der Waals surface area contributed by atoms with Crippen LogP contribution in [0.2, 0.25) is 5.02 Å². The number of halogens is 1. The number of amides is 7. The molecule has 22 heteroatoms. The second-order valence-corrected chi connectivity index (χ2v) is 22.7. The fourth-order valence-corrected chi connectivity index (χ4v) is 9.15.